The van der Waals surface area contributed by atoms with Gasteiger partial charge in [-0.15, -0.1) is 0 Å². The van der Waals surface area contributed by atoms with Crippen molar-refractivity contribution >= 4 is 23.2 Å². The molecule has 0 unspecified atom stereocenters. The molecule has 0 bridgehead atoms. The van der Waals surface area contributed by atoms with E-state index in [0.717, 1.165) is 18.9 Å². The van der Waals surface area contributed by atoms with E-state index in [1.54, 1.807) is 24.3 Å². The molecule has 2 nitrogen and oxygen atoms in total. The first-order chi connectivity index (χ1) is 10.9. The molecule has 0 aromatic heterocycles. The van der Waals surface area contributed by atoms with Crippen LogP contribution in [0.25, 0.3) is 11.1 Å². The van der Waals surface area contributed by atoms with Crippen molar-refractivity contribution in [2.24, 2.45) is 5.92 Å². The molecule has 0 atom stereocenters. The molecule has 1 N–H and O–H groups in total. The summed E-state index contributed by atoms with van der Waals surface area (Å²) in [4.78, 5) is 11.8. The Morgan fingerprint density at radius 1 is 1.13 bits per heavy atom. The van der Waals surface area contributed by atoms with E-state index in [1.165, 1.54) is 12.1 Å². The molecule has 120 valence electrons. The van der Waals surface area contributed by atoms with Crippen molar-refractivity contribution in [1.82, 2.24) is 0 Å². The van der Waals surface area contributed by atoms with Gasteiger partial charge in [-0.1, -0.05) is 35.9 Å². The molecule has 0 radical (unpaired) electrons. The number of anilines is 1. The predicted molar refractivity (Wildman–Crippen MR) is 83.2 cm³/mol. The molecule has 2 aromatic carbocycles. The molecule has 1 aliphatic rings. The number of alkyl halides is 3. The Kier molecular flexibility index (Phi) is 4.06. The van der Waals surface area contributed by atoms with Crippen molar-refractivity contribution in [3.8, 4) is 11.1 Å². The third-order valence-corrected chi connectivity index (χ3v) is 4.05. The summed E-state index contributed by atoms with van der Waals surface area (Å²) in [5, 5.41) is 2.75. The Labute approximate surface area is 136 Å². The van der Waals surface area contributed by atoms with E-state index in [4.69, 9.17) is 11.6 Å². The van der Waals surface area contributed by atoms with Crippen molar-refractivity contribution in [3.05, 3.63) is 53.1 Å². The van der Waals surface area contributed by atoms with Crippen molar-refractivity contribution in [1.29, 1.82) is 0 Å². The van der Waals surface area contributed by atoms with Gasteiger partial charge in [0, 0.05) is 16.5 Å². The minimum absolute atomic E-state index is 0.167. The van der Waals surface area contributed by atoms with Gasteiger partial charge in [0.2, 0.25) is 5.91 Å². The van der Waals surface area contributed by atoms with Gasteiger partial charge in [0.15, 0.2) is 0 Å². The smallest absolute Gasteiger partial charge is 0.325 e. The summed E-state index contributed by atoms with van der Waals surface area (Å²) in [6.45, 7) is 0. The van der Waals surface area contributed by atoms with Gasteiger partial charge >= 0.3 is 6.18 Å². The first-order valence-corrected chi connectivity index (χ1v) is 7.51. The van der Waals surface area contributed by atoms with Crippen LogP contribution in [-0.2, 0) is 11.0 Å². The predicted octanol–water partition coefficient (Wildman–Crippen LogP) is 5.37. The fraction of sp³-hybridized carbons (Fsp3) is 0.235. The van der Waals surface area contributed by atoms with Gasteiger partial charge in [-0.25, -0.2) is 0 Å². The lowest BCUT2D eigenvalue weighted by Crippen LogP contribution is -2.17. The Balaban J connectivity index is 2.01. The molecular weight excluding hydrogens is 327 g/mol. The summed E-state index contributed by atoms with van der Waals surface area (Å²) in [7, 11) is 0. The topological polar surface area (TPSA) is 29.1 Å². The summed E-state index contributed by atoms with van der Waals surface area (Å²) in [5.41, 5.74) is -0.221. The first kappa shape index (κ1) is 15.9. The average Bonchev–Trinajstić information content (AvgIpc) is 3.32. The standard InChI is InChI=1S/C17H13ClF3NO/c18-14-4-2-1-3-12(14)11-7-8-15(13(9-11)17(19,20)21)22-16(23)10-5-6-10/h1-4,7-10H,5-6H2,(H,22,23). The highest BCUT2D eigenvalue weighted by atomic mass is 35.5. The molecule has 1 fully saturated rings. The average molecular weight is 340 g/mol. The largest absolute Gasteiger partial charge is 0.418 e. The summed E-state index contributed by atoms with van der Waals surface area (Å²) in [5.74, 6) is -0.527. The highest BCUT2D eigenvalue weighted by Gasteiger charge is 2.36. The number of hydrogen-bond donors (Lipinski definition) is 1. The maximum absolute atomic E-state index is 13.3. The van der Waals surface area contributed by atoms with Crippen LogP contribution in [0.4, 0.5) is 18.9 Å². The molecule has 1 saturated carbocycles. The van der Waals surface area contributed by atoms with E-state index < -0.39 is 11.7 Å². The molecule has 2 aromatic rings. The van der Waals surface area contributed by atoms with Crippen molar-refractivity contribution < 1.29 is 18.0 Å². The van der Waals surface area contributed by atoms with Crippen LogP contribution in [-0.4, -0.2) is 5.91 Å². The Morgan fingerprint density at radius 3 is 2.43 bits per heavy atom. The number of nitrogens with one attached hydrogen (secondary N) is 1. The quantitative estimate of drug-likeness (QED) is 0.799. The second-order valence-electron chi connectivity index (χ2n) is 5.50. The fourth-order valence-electron chi connectivity index (χ4n) is 2.33. The van der Waals surface area contributed by atoms with E-state index >= 15 is 0 Å². The molecule has 0 heterocycles. The summed E-state index contributed by atoms with van der Waals surface area (Å²) in [6, 6.07) is 10.5. The molecule has 0 aliphatic heterocycles. The third-order valence-electron chi connectivity index (χ3n) is 3.72. The second-order valence-corrected chi connectivity index (χ2v) is 5.91. The molecule has 23 heavy (non-hydrogen) atoms. The Morgan fingerprint density at radius 2 is 1.83 bits per heavy atom. The van der Waals surface area contributed by atoms with Crippen molar-refractivity contribution in [3.63, 3.8) is 0 Å². The summed E-state index contributed by atoms with van der Waals surface area (Å²) >= 11 is 6.05. The van der Waals surface area contributed by atoms with Crippen molar-refractivity contribution in [2.45, 2.75) is 19.0 Å². The maximum atomic E-state index is 13.3. The van der Waals surface area contributed by atoms with Crippen molar-refractivity contribution in [2.75, 3.05) is 5.32 Å². The zero-order chi connectivity index (χ0) is 16.6. The molecule has 6 heteroatoms. The highest BCUT2D eigenvalue weighted by Crippen LogP contribution is 2.40. The van der Waals surface area contributed by atoms with Gasteiger partial charge in [-0.05, 0) is 36.6 Å². The van der Waals surface area contributed by atoms with Crippen LogP contribution < -0.4 is 5.32 Å². The van der Waals surface area contributed by atoms with Gasteiger partial charge in [0.25, 0.3) is 0 Å². The number of hydrogen-bond acceptors (Lipinski definition) is 1. The van der Waals surface area contributed by atoms with Gasteiger partial charge in [0.05, 0.1) is 11.3 Å². The zero-order valence-corrected chi connectivity index (χ0v) is 12.7. The van der Waals surface area contributed by atoms with Crippen LogP contribution in [0.2, 0.25) is 5.02 Å². The zero-order valence-electron chi connectivity index (χ0n) is 12.0. The van der Waals surface area contributed by atoms with Gasteiger partial charge in [0.1, 0.15) is 0 Å². The lowest BCUT2D eigenvalue weighted by molar-refractivity contribution is -0.136. The molecule has 0 spiro atoms. The molecular formula is C17H13ClF3NO. The molecule has 3 rings (SSSR count). The number of benzene rings is 2. The third kappa shape index (κ3) is 3.50. The normalized spacial score (nSPS) is 14.6. The van der Waals surface area contributed by atoms with Crippen LogP contribution in [0.15, 0.2) is 42.5 Å². The van der Waals surface area contributed by atoms with Crippen LogP contribution in [0, 0.1) is 5.92 Å². The fourth-order valence-corrected chi connectivity index (χ4v) is 2.58. The summed E-state index contributed by atoms with van der Waals surface area (Å²) in [6.07, 6.45) is -3.11. The Bertz CT molecular complexity index is 754. The van der Waals surface area contributed by atoms with E-state index in [2.05, 4.69) is 5.32 Å². The lowest BCUT2D eigenvalue weighted by atomic mass is 10.0. The minimum atomic E-state index is -4.57. The second kappa shape index (κ2) is 5.89. The number of carbonyl (C=O) groups is 1. The van der Waals surface area contributed by atoms with Gasteiger partial charge in [-0.3, -0.25) is 4.79 Å². The van der Waals surface area contributed by atoms with Crippen LogP contribution >= 0.6 is 11.6 Å². The minimum Gasteiger partial charge on any atom is -0.325 e. The molecule has 0 saturated heterocycles. The maximum Gasteiger partial charge on any atom is 0.418 e. The number of carbonyl (C=O) groups excluding carboxylic acids is 1. The van der Waals surface area contributed by atoms with Crippen LogP contribution in [0.5, 0.6) is 0 Å². The van der Waals surface area contributed by atoms with E-state index in [-0.39, 0.29) is 17.5 Å². The van der Waals surface area contributed by atoms with Crippen LogP contribution in [0.1, 0.15) is 18.4 Å². The number of rotatable bonds is 3. The van der Waals surface area contributed by atoms with Crippen LogP contribution in [0.3, 0.4) is 0 Å². The highest BCUT2D eigenvalue weighted by molar-refractivity contribution is 6.33. The van der Waals surface area contributed by atoms with E-state index in [1.807, 2.05) is 0 Å². The van der Waals surface area contributed by atoms with Gasteiger partial charge < -0.3 is 5.32 Å². The number of halogens is 4. The van der Waals surface area contributed by atoms with Gasteiger partial charge in [-0.2, -0.15) is 13.2 Å². The first-order valence-electron chi connectivity index (χ1n) is 7.13. The summed E-state index contributed by atoms with van der Waals surface area (Å²) < 4.78 is 40.0. The monoisotopic (exact) mass is 339 g/mol. The molecule has 1 aliphatic carbocycles. The number of amides is 1. The van der Waals surface area contributed by atoms with E-state index in [0.29, 0.717) is 16.1 Å². The lowest BCUT2D eigenvalue weighted by Gasteiger charge is -2.16. The molecule has 1 amide bonds. The Hall–Kier alpha value is -2.01. The SMILES string of the molecule is O=C(Nc1ccc(-c2ccccc2Cl)cc1C(F)(F)F)C1CC1. The van der Waals surface area contributed by atoms with E-state index in [9.17, 15) is 18.0 Å².